The van der Waals surface area contributed by atoms with Crippen LogP contribution < -0.4 is 4.31 Å². The molecule has 0 saturated heterocycles. The smallest absolute Gasteiger partial charge is 0.264 e. The van der Waals surface area contributed by atoms with Crippen LogP contribution in [-0.2, 0) is 10.0 Å². The van der Waals surface area contributed by atoms with E-state index in [1.165, 1.54) is 4.31 Å². The van der Waals surface area contributed by atoms with Gasteiger partial charge in [0.1, 0.15) is 0 Å². The van der Waals surface area contributed by atoms with E-state index in [0.717, 1.165) is 11.1 Å². The van der Waals surface area contributed by atoms with E-state index in [0.29, 0.717) is 17.3 Å². The fourth-order valence-electron chi connectivity index (χ4n) is 2.18. The lowest BCUT2D eigenvalue weighted by Gasteiger charge is -2.23. The molecule has 3 nitrogen and oxygen atoms in total. The second-order valence-corrected chi connectivity index (χ2v) is 7.19. The molecule has 0 unspecified atom stereocenters. The third-order valence-corrected chi connectivity index (χ3v) is 5.62. The summed E-state index contributed by atoms with van der Waals surface area (Å²) in [5.74, 6) is 0. The van der Waals surface area contributed by atoms with E-state index in [4.69, 9.17) is 11.6 Å². The number of anilines is 1. The number of hydrogen-bond donors (Lipinski definition) is 0. The first kappa shape index (κ1) is 15.9. The molecule has 112 valence electrons. The van der Waals surface area contributed by atoms with Gasteiger partial charge in [0.25, 0.3) is 10.0 Å². The quantitative estimate of drug-likeness (QED) is 0.846. The summed E-state index contributed by atoms with van der Waals surface area (Å²) in [6, 6.07) is 12.2. The van der Waals surface area contributed by atoms with Gasteiger partial charge in [-0.3, -0.25) is 4.31 Å². The average Bonchev–Trinajstić information content (AvgIpc) is 2.42. The van der Waals surface area contributed by atoms with Crippen molar-refractivity contribution in [3.8, 4) is 0 Å². The number of rotatable bonds is 4. The summed E-state index contributed by atoms with van der Waals surface area (Å²) < 4.78 is 27.0. The zero-order valence-electron chi connectivity index (χ0n) is 12.3. The van der Waals surface area contributed by atoms with Gasteiger partial charge < -0.3 is 0 Å². The van der Waals surface area contributed by atoms with Gasteiger partial charge in [-0.1, -0.05) is 23.7 Å². The molecule has 0 radical (unpaired) electrons. The standard InChI is InChI=1S/C16H18ClNO2S/c1-4-18(14-7-5-6-12(2)10-14)21(19,20)15-8-9-16(17)13(3)11-15/h5-11H,4H2,1-3H3. The van der Waals surface area contributed by atoms with Gasteiger partial charge in [0.2, 0.25) is 0 Å². The Kier molecular flexibility index (Phi) is 4.59. The van der Waals surface area contributed by atoms with E-state index in [9.17, 15) is 8.42 Å². The second-order valence-electron chi connectivity index (χ2n) is 4.92. The normalized spacial score (nSPS) is 11.4. The van der Waals surface area contributed by atoms with Crippen LogP contribution in [0, 0.1) is 13.8 Å². The summed E-state index contributed by atoms with van der Waals surface area (Å²) in [6.45, 7) is 5.93. The predicted octanol–water partition coefficient (Wildman–Crippen LogP) is 4.17. The second kappa shape index (κ2) is 6.08. The third-order valence-electron chi connectivity index (χ3n) is 3.29. The van der Waals surface area contributed by atoms with Gasteiger partial charge >= 0.3 is 0 Å². The molecule has 0 N–H and O–H groups in total. The van der Waals surface area contributed by atoms with E-state index < -0.39 is 10.0 Å². The van der Waals surface area contributed by atoms with Gasteiger partial charge in [0, 0.05) is 11.6 Å². The van der Waals surface area contributed by atoms with E-state index in [2.05, 4.69) is 0 Å². The van der Waals surface area contributed by atoms with Gasteiger partial charge in [0.15, 0.2) is 0 Å². The first-order valence-electron chi connectivity index (χ1n) is 6.72. The molecule has 0 atom stereocenters. The van der Waals surface area contributed by atoms with Crippen LogP contribution in [0.25, 0.3) is 0 Å². The zero-order valence-corrected chi connectivity index (χ0v) is 13.9. The Morgan fingerprint density at radius 2 is 1.81 bits per heavy atom. The molecule has 5 heteroatoms. The SMILES string of the molecule is CCN(c1cccc(C)c1)S(=O)(=O)c1ccc(Cl)c(C)c1. The summed E-state index contributed by atoms with van der Waals surface area (Å²) in [5.41, 5.74) is 2.44. The monoisotopic (exact) mass is 323 g/mol. The van der Waals surface area contributed by atoms with Crippen molar-refractivity contribution in [2.45, 2.75) is 25.7 Å². The van der Waals surface area contributed by atoms with Crippen molar-refractivity contribution in [1.29, 1.82) is 0 Å². The molecule has 0 amide bonds. The highest BCUT2D eigenvalue weighted by Crippen LogP contribution is 2.26. The first-order chi connectivity index (χ1) is 9.86. The summed E-state index contributed by atoms with van der Waals surface area (Å²) in [5, 5.41) is 0.563. The van der Waals surface area contributed by atoms with Gasteiger partial charge in [-0.25, -0.2) is 8.42 Å². The van der Waals surface area contributed by atoms with Crippen molar-refractivity contribution in [2.24, 2.45) is 0 Å². The lowest BCUT2D eigenvalue weighted by atomic mass is 10.2. The third kappa shape index (κ3) is 3.22. The van der Waals surface area contributed by atoms with Gasteiger partial charge in [-0.2, -0.15) is 0 Å². The summed E-state index contributed by atoms with van der Waals surface area (Å²) in [4.78, 5) is 0.257. The summed E-state index contributed by atoms with van der Waals surface area (Å²) in [7, 11) is -3.59. The summed E-state index contributed by atoms with van der Waals surface area (Å²) in [6.07, 6.45) is 0. The molecule has 0 fully saturated rings. The highest BCUT2D eigenvalue weighted by atomic mass is 35.5. The lowest BCUT2D eigenvalue weighted by Crippen LogP contribution is -2.30. The number of nitrogens with zero attached hydrogens (tertiary/aromatic N) is 1. The fourth-order valence-corrected chi connectivity index (χ4v) is 3.85. The van der Waals surface area contributed by atoms with Crippen molar-refractivity contribution in [3.05, 3.63) is 58.6 Å². The topological polar surface area (TPSA) is 37.4 Å². The number of aryl methyl sites for hydroxylation is 2. The summed E-state index contributed by atoms with van der Waals surface area (Å²) >= 11 is 5.97. The predicted molar refractivity (Wildman–Crippen MR) is 87.6 cm³/mol. The van der Waals surface area contributed by atoms with Crippen LogP contribution in [0.2, 0.25) is 5.02 Å². The minimum Gasteiger partial charge on any atom is -0.267 e. The molecule has 0 aliphatic carbocycles. The number of sulfonamides is 1. The zero-order chi connectivity index (χ0) is 15.6. The van der Waals surface area contributed by atoms with Crippen molar-refractivity contribution < 1.29 is 8.42 Å². The Bertz CT molecular complexity index is 757. The Balaban J connectivity index is 2.51. The minimum absolute atomic E-state index is 0.257. The maximum atomic E-state index is 12.8. The Morgan fingerprint density at radius 1 is 1.10 bits per heavy atom. The van der Waals surface area contributed by atoms with Crippen LogP contribution in [0.5, 0.6) is 0 Å². The molecule has 0 heterocycles. The Hall–Kier alpha value is -1.52. The van der Waals surface area contributed by atoms with Gasteiger partial charge in [-0.15, -0.1) is 0 Å². The Morgan fingerprint density at radius 3 is 2.38 bits per heavy atom. The van der Waals surface area contributed by atoms with Crippen LogP contribution in [-0.4, -0.2) is 15.0 Å². The maximum absolute atomic E-state index is 12.8. The number of hydrogen-bond acceptors (Lipinski definition) is 2. The maximum Gasteiger partial charge on any atom is 0.264 e. The van der Waals surface area contributed by atoms with Crippen LogP contribution in [0.3, 0.4) is 0 Å². The molecule has 0 saturated carbocycles. The average molecular weight is 324 g/mol. The molecule has 2 aromatic carbocycles. The van der Waals surface area contributed by atoms with E-state index >= 15 is 0 Å². The van der Waals surface area contributed by atoms with Crippen LogP contribution in [0.15, 0.2) is 47.4 Å². The van der Waals surface area contributed by atoms with Gasteiger partial charge in [0.05, 0.1) is 10.6 Å². The molecular formula is C16H18ClNO2S. The van der Waals surface area contributed by atoms with Crippen LogP contribution in [0.4, 0.5) is 5.69 Å². The molecule has 0 aliphatic rings. The molecule has 0 spiro atoms. The Labute approximate surface area is 131 Å². The molecule has 2 aromatic rings. The van der Waals surface area contributed by atoms with E-state index in [1.807, 2.05) is 32.0 Å². The van der Waals surface area contributed by atoms with Crippen LogP contribution >= 0.6 is 11.6 Å². The van der Waals surface area contributed by atoms with Crippen molar-refractivity contribution in [3.63, 3.8) is 0 Å². The number of halogens is 1. The first-order valence-corrected chi connectivity index (χ1v) is 8.53. The molecule has 0 bridgehead atoms. The van der Waals surface area contributed by atoms with Crippen LogP contribution in [0.1, 0.15) is 18.1 Å². The van der Waals surface area contributed by atoms with E-state index in [1.54, 1.807) is 31.2 Å². The molecule has 0 aliphatic heterocycles. The molecule has 2 rings (SSSR count). The van der Waals surface area contributed by atoms with Crippen molar-refractivity contribution >= 4 is 27.3 Å². The molecule has 21 heavy (non-hydrogen) atoms. The van der Waals surface area contributed by atoms with Gasteiger partial charge in [-0.05, 0) is 62.2 Å². The highest BCUT2D eigenvalue weighted by molar-refractivity contribution is 7.92. The fraction of sp³-hybridized carbons (Fsp3) is 0.250. The van der Waals surface area contributed by atoms with Crippen molar-refractivity contribution in [1.82, 2.24) is 0 Å². The van der Waals surface area contributed by atoms with Crippen molar-refractivity contribution in [2.75, 3.05) is 10.8 Å². The highest BCUT2D eigenvalue weighted by Gasteiger charge is 2.24. The lowest BCUT2D eigenvalue weighted by molar-refractivity contribution is 0.592. The number of benzene rings is 2. The van der Waals surface area contributed by atoms with E-state index in [-0.39, 0.29) is 4.90 Å². The largest absolute Gasteiger partial charge is 0.267 e. The molecular weight excluding hydrogens is 306 g/mol. The minimum atomic E-state index is -3.59. The molecule has 0 aromatic heterocycles.